The van der Waals surface area contributed by atoms with Gasteiger partial charge in [-0.25, -0.2) is 0 Å². The molecule has 1 aromatic carbocycles. The molecule has 0 spiro atoms. The first-order valence-electron chi connectivity index (χ1n) is 6.81. The molecule has 0 saturated carbocycles. The summed E-state index contributed by atoms with van der Waals surface area (Å²) in [5, 5.41) is 5.44. The molecule has 0 bridgehead atoms. The fraction of sp³-hybridized carbons (Fsp3) is 0.467. The lowest BCUT2D eigenvalue weighted by atomic mass is 10.1. The van der Waals surface area contributed by atoms with Gasteiger partial charge in [-0.15, -0.1) is 23.7 Å². The average Bonchev–Trinajstić information content (AvgIpc) is 2.97. The van der Waals surface area contributed by atoms with Gasteiger partial charge in [-0.2, -0.15) is 0 Å². The third-order valence-electron chi connectivity index (χ3n) is 3.83. The molecule has 5 heteroatoms. The highest BCUT2D eigenvalue weighted by molar-refractivity contribution is 7.19. The van der Waals surface area contributed by atoms with E-state index in [1.807, 2.05) is 18.4 Å². The van der Waals surface area contributed by atoms with Crippen LogP contribution >= 0.6 is 35.3 Å². The number of halogens is 2. The van der Waals surface area contributed by atoms with Crippen molar-refractivity contribution >= 4 is 45.4 Å². The second-order valence-electron chi connectivity index (χ2n) is 5.28. The van der Waals surface area contributed by atoms with Crippen molar-refractivity contribution in [1.82, 2.24) is 10.2 Å². The highest BCUT2D eigenvalue weighted by atomic mass is 35.5. The van der Waals surface area contributed by atoms with Crippen LogP contribution in [0.25, 0.3) is 10.1 Å². The van der Waals surface area contributed by atoms with E-state index in [0.29, 0.717) is 0 Å². The summed E-state index contributed by atoms with van der Waals surface area (Å²) in [5.74, 6) is 0.790. The molecule has 3 rings (SSSR count). The molecule has 2 heterocycles. The number of nitrogens with zero attached hydrogens (tertiary/aromatic N) is 1. The number of thiophene rings is 1. The lowest BCUT2D eigenvalue weighted by Gasteiger charge is -2.15. The van der Waals surface area contributed by atoms with Gasteiger partial charge in [0.25, 0.3) is 0 Å². The number of nitrogens with one attached hydrogen (secondary N) is 1. The van der Waals surface area contributed by atoms with Crippen molar-refractivity contribution in [2.45, 2.75) is 13.0 Å². The Balaban J connectivity index is 0.00000147. The second kappa shape index (κ2) is 7.10. The van der Waals surface area contributed by atoms with Gasteiger partial charge in [0.2, 0.25) is 0 Å². The maximum absolute atomic E-state index is 6.50. The summed E-state index contributed by atoms with van der Waals surface area (Å²) in [6.07, 6.45) is 1.29. The van der Waals surface area contributed by atoms with Crippen molar-refractivity contribution in [2.24, 2.45) is 5.92 Å². The molecule has 1 fully saturated rings. The maximum Gasteiger partial charge on any atom is 0.0637 e. The first kappa shape index (κ1) is 16.1. The second-order valence-corrected chi connectivity index (χ2v) is 6.80. The van der Waals surface area contributed by atoms with Crippen LogP contribution in [-0.2, 0) is 6.54 Å². The van der Waals surface area contributed by atoms with E-state index in [-0.39, 0.29) is 12.4 Å². The van der Waals surface area contributed by atoms with Gasteiger partial charge in [-0.1, -0.05) is 29.8 Å². The molecular formula is C15H20Cl2N2S. The van der Waals surface area contributed by atoms with Crippen molar-refractivity contribution < 1.29 is 0 Å². The molecule has 1 unspecified atom stereocenters. The molecule has 1 aliphatic heterocycles. The molecule has 1 atom stereocenters. The van der Waals surface area contributed by atoms with Crippen molar-refractivity contribution in [3.8, 4) is 0 Å². The average molecular weight is 331 g/mol. The number of rotatable bonds is 4. The van der Waals surface area contributed by atoms with Crippen molar-refractivity contribution in [1.29, 1.82) is 0 Å². The van der Waals surface area contributed by atoms with Crippen LogP contribution in [0.2, 0.25) is 5.02 Å². The molecule has 1 N–H and O–H groups in total. The molecule has 110 valence electrons. The third-order valence-corrected chi connectivity index (χ3v) is 5.53. The summed E-state index contributed by atoms with van der Waals surface area (Å²) >= 11 is 8.34. The maximum atomic E-state index is 6.50. The van der Waals surface area contributed by atoms with Gasteiger partial charge in [0.15, 0.2) is 0 Å². The van der Waals surface area contributed by atoms with Crippen LogP contribution in [-0.4, -0.2) is 31.6 Å². The van der Waals surface area contributed by atoms with Gasteiger partial charge >= 0.3 is 0 Å². The summed E-state index contributed by atoms with van der Waals surface area (Å²) in [6, 6.07) is 8.41. The zero-order valence-electron chi connectivity index (χ0n) is 11.6. The van der Waals surface area contributed by atoms with E-state index in [1.165, 1.54) is 34.5 Å². The number of benzene rings is 1. The van der Waals surface area contributed by atoms with E-state index < -0.39 is 0 Å². The van der Waals surface area contributed by atoms with Gasteiger partial charge < -0.3 is 5.32 Å². The molecular weight excluding hydrogens is 311 g/mol. The van der Waals surface area contributed by atoms with Crippen LogP contribution in [0.5, 0.6) is 0 Å². The number of fused-ring (bicyclic) bond motifs is 1. The van der Waals surface area contributed by atoms with Crippen LogP contribution in [0, 0.1) is 5.92 Å². The Morgan fingerprint density at radius 2 is 2.20 bits per heavy atom. The van der Waals surface area contributed by atoms with Crippen LogP contribution in [0.3, 0.4) is 0 Å². The predicted molar refractivity (Wildman–Crippen MR) is 91.4 cm³/mol. The van der Waals surface area contributed by atoms with Crippen LogP contribution in [0.15, 0.2) is 24.3 Å². The Bertz CT molecular complexity index is 570. The van der Waals surface area contributed by atoms with Crippen molar-refractivity contribution in [3.05, 3.63) is 34.2 Å². The summed E-state index contributed by atoms with van der Waals surface area (Å²) < 4.78 is 1.30. The molecule has 1 aliphatic rings. The van der Waals surface area contributed by atoms with Gasteiger partial charge in [0, 0.05) is 28.1 Å². The smallest absolute Gasteiger partial charge is 0.0637 e. The van der Waals surface area contributed by atoms with Gasteiger partial charge in [0.1, 0.15) is 0 Å². The minimum atomic E-state index is 0. The SMILES string of the molecule is CNCC1CCN(Cc2sc3ccccc3c2Cl)C1.Cl. The monoisotopic (exact) mass is 330 g/mol. The Kier molecular flexibility index (Phi) is 5.70. The summed E-state index contributed by atoms with van der Waals surface area (Å²) in [7, 11) is 2.03. The minimum Gasteiger partial charge on any atom is -0.319 e. The minimum absolute atomic E-state index is 0. The molecule has 0 radical (unpaired) electrons. The van der Waals surface area contributed by atoms with E-state index in [2.05, 4.69) is 34.5 Å². The van der Waals surface area contributed by atoms with E-state index in [9.17, 15) is 0 Å². The van der Waals surface area contributed by atoms with Crippen LogP contribution < -0.4 is 5.32 Å². The number of likely N-dealkylation sites (tertiary alicyclic amines) is 1. The normalized spacial score (nSPS) is 19.4. The van der Waals surface area contributed by atoms with E-state index >= 15 is 0 Å². The van der Waals surface area contributed by atoms with Gasteiger partial charge in [-0.05, 0) is 38.5 Å². The first-order valence-corrected chi connectivity index (χ1v) is 8.00. The zero-order valence-corrected chi connectivity index (χ0v) is 14.0. The topological polar surface area (TPSA) is 15.3 Å². The summed E-state index contributed by atoms with van der Waals surface area (Å²) in [6.45, 7) is 4.50. The summed E-state index contributed by atoms with van der Waals surface area (Å²) in [4.78, 5) is 3.84. The molecule has 0 aliphatic carbocycles. The highest BCUT2D eigenvalue weighted by Gasteiger charge is 2.23. The molecule has 2 nitrogen and oxygen atoms in total. The lowest BCUT2D eigenvalue weighted by molar-refractivity contribution is 0.318. The number of hydrogen-bond donors (Lipinski definition) is 1. The fourth-order valence-electron chi connectivity index (χ4n) is 2.88. The van der Waals surface area contributed by atoms with Crippen LogP contribution in [0.1, 0.15) is 11.3 Å². The lowest BCUT2D eigenvalue weighted by Crippen LogP contribution is -2.24. The Labute approximate surface area is 135 Å². The van der Waals surface area contributed by atoms with E-state index in [1.54, 1.807) is 0 Å². The first-order chi connectivity index (χ1) is 9.28. The number of hydrogen-bond acceptors (Lipinski definition) is 3. The predicted octanol–water partition coefficient (Wildman–Crippen LogP) is 4.02. The molecule has 0 amide bonds. The molecule has 1 saturated heterocycles. The molecule has 2 aromatic rings. The van der Waals surface area contributed by atoms with Crippen molar-refractivity contribution in [3.63, 3.8) is 0 Å². The Morgan fingerprint density at radius 3 is 2.95 bits per heavy atom. The largest absolute Gasteiger partial charge is 0.319 e. The fourth-order valence-corrected chi connectivity index (χ4v) is 4.42. The zero-order chi connectivity index (χ0) is 13.2. The van der Waals surface area contributed by atoms with E-state index in [4.69, 9.17) is 11.6 Å². The molecule has 1 aromatic heterocycles. The Hall–Kier alpha value is -0.320. The standard InChI is InChI=1S/C15H19ClN2S.ClH/c1-17-8-11-6-7-18(9-11)10-14-15(16)12-4-2-3-5-13(12)19-14;/h2-5,11,17H,6-10H2,1H3;1H. The van der Waals surface area contributed by atoms with Crippen molar-refractivity contribution in [2.75, 3.05) is 26.7 Å². The molecule has 20 heavy (non-hydrogen) atoms. The van der Waals surface area contributed by atoms with E-state index in [0.717, 1.165) is 24.0 Å². The van der Waals surface area contributed by atoms with Crippen LogP contribution in [0.4, 0.5) is 0 Å². The quantitative estimate of drug-likeness (QED) is 0.910. The summed E-state index contributed by atoms with van der Waals surface area (Å²) in [5.41, 5.74) is 0. The highest BCUT2D eigenvalue weighted by Crippen LogP contribution is 2.36. The van der Waals surface area contributed by atoms with Gasteiger partial charge in [-0.3, -0.25) is 4.90 Å². The van der Waals surface area contributed by atoms with Gasteiger partial charge in [0.05, 0.1) is 5.02 Å². The Morgan fingerprint density at radius 1 is 1.40 bits per heavy atom. The third kappa shape index (κ3) is 3.29.